The molecule has 2 rings (SSSR count). The van der Waals surface area contributed by atoms with Crippen LogP contribution in [-0.2, 0) is 9.53 Å². The van der Waals surface area contributed by atoms with E-state index in [-0.39, 0.29) is 5.25 Å². The summed E-state index contributed by atoms with van der Waals surface area (Å²) in [6.45, 7) is 4.14. The molecule has 5 heteroatoms. The van der Waals surface area contributed by atoms with Crippen molar-refractivity contribution in [2.75, 3.05) is 32.8 Å². The number of benzene rings is 1. The van der Waals surface area contributed by atoms with Gasteiger partial charge in [0, 0.05) is 18.0 Å². The standard InChI is InChI=1S/C14H19NO3S/c16-14(17)13(19-12-4-2-1-3-5-12)6-7-15-8-10-18-11-9-15/h1-5,13H,6-11H2,(H,16,17). The van der Waals surface area contributed by atoms with Gasteiger partial charge >= 0.3 is 5.97 Å². The fourth-order valence-electron chi connectivity index (χ4n) is 2.02. The lowest BCUT2D eigenvalue weighted by Crippen LogP contribution is -2.38. The van der Waals surface area contributed by atoms with Crippen LogP contribution in [0.5, 0.6) is 0 Å². The Balaban J connectivity index is 1.84. The van der Waals surface area contributed by atoms with Crippen LogP contribution in [-0.4, -0.2) is 54.1 Å². The molecule has 1 heterocycles. The Morgan fingerprint density at radius 3 is 2.63 bits per heavy atom. The first-order valence-corrected chi connectivity index (χ1v) is 7.38. The quantitative estimate of drug-likeness (QED) is 0.808. The first-order chi connectivity index (χ1) is 9.25. The zero-order valence-electron chi connectivity index (χ0n) is 10.8. The Hall–Kier alpha value is -1.04. The van der Waals surface area contributed by atoms with Crippen molar-refractivity contribution < 1.29 is 14.6 Å². The molecule has 0 amide bonds. The third-order valence-corrected chi connectivity index (χ3v) is 4.37. The second kappa shape index (κ2) is 7.53. The third kappa shape index (κ3) is 4.86. The van der Waals surface area contributed by atoms with Crippen LogP contribution in [0, 0.1) is 0 Å². The van der Waals surface area contributed by atoms with E-state index in [1.807, 2.05) is 30.3 Å². The fourth-order valence-corrected chi connectivity index (χ4v) is 2.99. The molecule has 0 spiro atoms. The molecule has 1 N–H and O–H groups in total. The number of carboxylic acids is 1. The summed E-state index contributed by atoms with van der Waals surface area (Å²) in [6, 6.07) is 9.71. The summed E-state index contributed by atoms with van der Waals surface area (Å²) in [7, 11) is 0. The maximum absolute atomic E-state index is 11.3. The number of ether oxygens (including phenoxy) is 1. The van der Waals surface area contributed by atoms with Gasteiger partial charge in [0.05, 0.1) is 13.2 Å². The molecule has 0 aliphatic carbocycles. The molecule has 0 bridgehead atoms. The van der Waals surface area contributed by atoms with Gasteiger partial charge in [-0.05, 0) is 25.1 Å². The average Bonchev–Trinajstić information content (AvgIpc) is 2.45. The number of aliphatic carboxylic acids is 1. The highest BCUT2D eigenvalue weighted by atomic mass is 32.2. The van der Waals surface area contributed by atoms with E-state index in [0.717, 1.165) is 37.7 Å². The highest BCUT2D eigenvalue weighted by Crippen LogP contribution is 2.25. The average molecular weight is 281 g/mol. The Morgan fingerprint density at radius 2 is 2.00 bits per heavy atom. The number of carbonyl (C=O) groups is 1. The van der Waals surface area contributed by atoms with Gasteiger partial charge in [-0.1, -0.05) is 18.2 Å². The minimum Gasteiger partial charge on any atom is -0.480 e. The van der Waals surface area contributed by atoms with Gasteiger partial charge in [0.25, 0.3) is 0 Å². The molecule has 1 aromatic carbocycles. The minimum absolute atomic E-state index is 0.384. The smallest absolute Gasteiger partial charge is 0.317 e. The van der Waals surface area contributed by atoms with Crippen molar-refractivity contribution in [1.82, 2.24) is 4.90 Å². The van der Waals surface area contributed by atoms with E-state index in [1.54, 1.807) is 0 Å². The number of hydrogen-bond donors (Lipinski definition) is 1. The van der Waals surface area contributed by atoms with Gasteiger partial charge in [-0.2, -0.15) is 0 Å². The summed E-state index contributed by atoms with van der Waals surface area (Å²) < 4.78 is 5.29. The van der Waals surface area contributed by atoms with Crippen molar-refractivity contribution in [3.8, 4) is 0 Å². The number of thioether (sulfide) groups is 1. The number of hydrogen-bond acceptors (Lipinski definition) is 4. The van der Waals surface area contributed by atoms with E-state index in [1.165, 1.54) is 11.8 Å². The Labute approximate surface area is 117 Å². The van der Waals surface area contributed by atoms with Crippen LogP contribution < -0.4 is 0 Å². The van der Waals surface area contributed by atoms with Gasteiger partial charge in [0.15, 0.2) is 0 Å². The van der Waals surface area contributed by atoms with Crippen LogP contribution in [0.3, 0.4) is 0 Å². The third-order valence-electron chi connectivity index (χ3n) is 3.11. The molecule has 19 heavy (non-hydrogen) atoms. The molecule has 1 fully saturated rings. The normalized spacial score (nSPS) is 18.1. The van der Waals surface area contributed by atoms with Crippen LogP contribution in [0.1, 0.15) is 6.42 Å². The molecule has 4 nitrogen and oxygen atoms in total. The second-order valence-electron chi connectivity index (χ2n) is 4.50. The molecule has 0 aromatic heterocycles. The molecule has 1 saturated heterocycles. The van der Waals surface area contributed by atoms with Gasteiger partial charge in [-0.3, -0.25) is 9.69 Å². The van der Waals surface area contributed by atoms with Crippen LogP contribution in [0.25, 0.3) is 0 Å². The topological polar surface area (TPSA) is 49.8 Å². The molecule has 1 unspecified atom stereocenters. The number of morpholine rings is 1. The zero-order chi connectivity index (χ0) is 13.5. The minimum atomic E-state index is -0.734. The first kappa shape index (κ1) is 14.4. The maximum Gasteiger partial charge on any atom is 0.317 e. The second-order valence-corrected chi connectivity index (χ2v) is 5.78. The predicted molar refractivity (Wildman–Crippen MR) is 75.6 cm³/mol. The summed E-state index contributed by atoms with van der Waals surface area (Å²) >= 11 is 1.43. The van der Waals surface area contributed by atoms with E-state index in [9.17, 15) is 9.90 Å². The molecule has 1 aliphatic rings. The van der Waals surface area contributed by atoms with Gasteiger partial charge in [0.2, 0.25) is 0 Å². The molecular weight excluding hydrogens is 262 g/mol. The van der Waals surface area contributed by atoms with Crippen LogP contribution >= 0.6 is 11.8 Å². The maximum atomic E-state index is 11.3. The molecule has 0 radical (unpaired) electrons. The molecule has 1 aromatic rings. The highest BCUT2D eigenvalue weighted by Gasteiger charge is 2.20. The van der Waals surface area contributed by atoms with Gasteiger partial charge in [-0.25, -0.2) is 0 Å². The van der Waals surface area contributed by atoms with E-state index in [0.29, 0.717) is 6.42 Å². The van der Waals surface area contributed by atoms with E-state index in [4.69, 9.17) is 4.74 Å². The summed E-state index contributed by atoms with van der Waals surface area (Å²) in [5.74, 6) is -0.734. The number of nitrogens with zero attached hydrogens (tertiary/aromatic N) is 1. The Kier molecular flexibility index (Phi) is 5.69. The van der Waals surface area contributed by atoms with Crippen molar-refractivity contribution in [3.63, 3.8) is 0 Å². The lowest BCUT2D eigenvalue weighted by molar-refractivity contribution is -0.136. The molecule has 1 atom stereocenters. The summed E-state index contributed by atoms with van der Waals surface area (Å²) in [4.78, 5) is 14.6. The van der Waals surface area contributed by atoms with Crippen molar-refractivity contribution >= 4 is 17.7 Å². The van der Waals surface area contributed by atoms with Gasteiger partial charge < -0.3 is 9.84 Å². The Bertz CT molecular complexity index is 393. The summed E-state index contributed by atoms with van der Waals surface area (Å²) in [5, 5.41) is 8.92. The van der Waals surface area contributed by atoms with Crippen LogP contribution in [0.4, 0.5) is 0 Å². The van der Waals surface area contributed by atoms with E-state index in [2.05, 4.69) is 4.90 Å². The van der Waals surface area contributed by atoms with Gasteiger partial charge in [0.1, 0.15) is 5.25 Å². The predicted octanol–water partition coefficient (Wildman–Crippen LogP) is 1.95. The van der Waals surface area contributed by atoms with Crippen LogP contribution in [0.15, 0.2) is 35.2 Å². The number of carboxylic acid groups (broad SMARTS) is 1. The van der Waals surface area contributed by atoms with E-state index < -0.39 is 5.97 Å². The van der Waals surface area contributed by atoms with Crippen molar-refractivity contribution in [2.24, 2.45) is 0 Å². The van der Waals surface area contributed by atoms with Crippen LogP contribution in [0.2, 0.25) is 0 Å². The zero-order valence-corrected chi connectivity index (χ0v) is 11.6. The van der Waals surface area contributed by atoms with Crippen molar-refractivity contribution in [2.45, 2.75) is 16.6 Å². The summed E-state index contributed by atoms with van der Waals surface area (Å²) in [5.41, 5.74) is 0. The van der Waals surface area contributed by atoms with Crippen molar-refractivity contribution in [3.05, 3.63) is 30.3 Å². The van der Waals surface area contributed by atoms with Crippen molar-refractivity contribution in [1.29, 1.82) is 0 Å². The van der Waals surface area contributed by atoms with E-state index >= 15 is 0 Å². The highest BCUT2D eigenvalue weighted by molar-refractivity contribution is 8.00. The molecule has 1 aliphatic heterocycles. The SMILES string of the molecule is O=C(O)C(CCN1CCOCC1)Sc1ccccc1. The van der Waals surface area contributed by atoms with Gasteiger partial charge in [-0.15, -0.1) is 11.8 Å². The monoisotopic (exact) mass is 281 g/mol. The molecular formula is C14H19NO3S. The lowest BCUT2D eigenvalue weighted by atomic mass is 10.2. The largest absolute Gasteiger partial charge is 0.480 e. The fraction of sp³-hybridized carbons (Fsp3) is 0.500. The first-order valence-electron chi connectivity index (χ1n) is 6.50. The Morgan fingerprint density at radius 1 is 1.32 bits per heavy atom. The lowest BCUT2D eigenvalue weighted by Gasteiger charge is -2.27. The molecule has 104 valence electrons. The molecule has 0 saturated carbocycles. The number of rotatable bonds is 6. The summed E-state index contributed by atoms with van der Waals surface area (Å²) in [6.07, 6.45) is 0.662.